The Balaban J connectivity index is 1.52. The van der Waals surface area contributed by atoms with Crippen LogP contribution in [0.25, 0.3) is 11.4 Å². The molecule has 0 aliphatic carbocycles. The summed E-state index contributed by atoms with van der Waals surface area (Å²) in [5.74, 6) is -0.308. The van der Waals surface area contributed by atoms with Gasteiger partial charge < -0.3 is 10.6 Å². The van der Waals surface area contributed by atoms with Gasteiger partial charge in [0.05, 0.1) is 6.54 Å². The van der Waals surface area contributed by atoms with Crippen molar-refractivity contribution in [2.75, 3.05) is 11.9 Å². The fourth-order valence-corrected chi connectivity index (χ4v) is 3.07. The Kier molecular flexibility index (Phi) is 6.23. The Bertz CT molecular complexity index is 1020. The highest BCUT2D eigenvalue weighted by atomic mass is 35.5. The number of nitrogens with one attached hydrogen (secondary N) is 2. The first-order valence-corrected chi connectivity index (χ1v) is 9.38. The molecule has 0 saturated carbocycles. The highest BCUT2D eigenvalue weighted by molar-refractivity contribution is 6.30. The lowest BCUT2D eigenvalue weighted by atomic mass is 10.1. The molecule has 0 aliphatic heterocycles. The molecule has 9 heteroatoms. The number of benzene rings is 2. The van der Waals surface area contributed by atoms with Gasteiger partial charge in [0.1, 0.15) is 6.54 Å². The predicted octanol–water partition coefficient (Wildman–Crippen LogP) is 2.67. The van der Waals surface area contributed by atoms with Gasteiger partial charge in [-0.3, -0.25) is 9.59 Å². The van der Waals surface area contributed by atoms with Gasteiger partial charge in [-0.2, -0.15) is 4.80 Å². The van der Waals surface area contributed by atoms with Crippen LogP contribution in [0.2, 0.25) is 5.02 Å². The molecule has 0 radical (unpaired) electrons. The number of hydrogen-bond acceptors (Lipinski definition) is 5. The number of hydrogen-bond donors (Lipinski definition) is 2. The van der Waals surface area contributed by atoms with Crippen LogP contribution in [0, 0.1) is 20.8 Å². The third kappa shape index (κ3) is 5.39. The molecule has 29 heavy (non-hydrogen) atoms. The SMILES string of the molecule is Cc1cc(C)c(NC(=O)CNC(=O)Cn2nnc(-c3ccc(Cl)cc3)n2)c(C)c1. The highest BCUT2D eigenvalue weighted by Crippen LogP contribution is 2.21. The van der Waals surface area contributed by atoms with E-state index >= 15 is 0 Å². The molecule has 2 amide bonds. The summed E-state index contributed by atoms with van der Waals surface area (Å²) in [7, 11) is 0. The molecule has 0 unspecified atom stereocenters. The minimum atomic E-state index is -0.391. The summed E-state index contributed by atoms with van der Waals surface area (Å²) in [6, 6.07) is 11.0. The Morgan fingerprint density at radius 2 is 1.69 bits per heavy atom. The molecule has 2 aromatic carbocycles. The van der Waals surface area contributed by atoms with Gasteiger partial charge in [0.2, 0.25) is 17.6 Å². The minimum absolute atomic E-state index is 0.142. The number of nitrogens with zero attached hydrogens (tertiary/aromatic N) is 4. The fourth-order valence-electron chi connectivity index (χ4n) is 2.95. The van der Waals surface area contributed by atoms with Crippen molar-refractivity contribution in [1.29, 1.82) is 0 Å². The maximum Gasteiger partial charge on any atom is 0.244 e. The van der Waals surface area contributed by atoms with E-state index in [4.69, 9.17) is 11.6 Å². The zero-order valence-corrected chi connectivity index (χ0v) is 17.1. The Hall–Kier alpha value is -3.26. The van der Waals surface area contributed by atoms with E-state index < -0.39 is 5.91 Å². The van der Waals surface area contributed by atoms with Gasteiger partial charge in [0.25, 0.3) is 0 Å². The van der Waals surface area contributed by atoms with E-state index in [1.54, 1.807) is 24.3 Å². The molecule has 0 spiro atoms. The zero-order chi connectivity index (χ0) is 21.0. The van der Waals surface area contributed by atoms with Crippen LogP contribution < -0.4 is 10.6 Å². The highest BCUT2D eigenvalue weighted by Gasteiger charge is 2.12. The Morgan fingerprint density at radius 1 is 1.03 bits per heavy atom. The first kappa shape index (κ1) is 20.5. The van der Waals surface area contributed by atoms with Crippen LogP contribution in [0.3, 0.4) is 0 Å². The summed E-state index contributed by atoms with van der Waals surface area (Å²) in [6.07, 6.45) is 0. The van der Waals surface area contributed by atoms with Crippen molar-refractivity contribution >= 4 is 29.1 Å². The van der Waals surface area contributed by atoms with Crippen LogP contribution in [0.4, 0.5) is 5.69 Å². The first-order valence-electron chi connectivity index (χ1n) is 9.00. The number of tetrazole rings is 1. The first-order chi connectivity index (χ1) is 13.8. The molecule has 0 saturated heterocycles. The van der Waals surface area contributed by atoms with Crippen molar-refractivity contribution in [2.45, 2.75) is 27.3 Å². The number of aromatic nitrogens is 4. The van der Waals surface area contributed by atoms with E-state index in [9.17, 15) is 9.59 Å². The topological polar surface area (TPSA) is 102 Å². The van der Waals surface area contributed by atoms with Gasteiger partial charge in [-0.1, -0.05) is 29.3 Å². The van der Waals surface area contributed by atoms with Crippen LogP contribution in [0.5, 0.6) is 0 Å². The molecule has 3 rings (SSSR count). The number of carbonyl (C=O) groups is 2. The second-order valence-electron chi connectivity index (χ2n) is 6.75. The van der Waals surface area contributed by atoms with E-state index in [0.29, 0.717) is 10.8 Å². The fraction of sp³-hybridized carbons (Fsp3) is 0.250. The zero-order valence-electron chi connectivity index (χ0n) is 16.4. The quantitative estimate of drug-likeness (QED) is 0.648. The Labute approximate surface area is 173 Å². The summed E-state index contributed by atoms with van der Waals surface area (Å²) in [6.45, 7) is 5.58. The van der Waals surface area contributed by atoms with Gasteiger partial charge >= 0.3 is 0 Å². The van der Waals surface area contributed by atoms with E-state index in [1.165, 1.54) is 4.80 Å². The maximum absolute atomic E-state index is 12.2. The van der Waals surface area contributed by atoms with Crippen molar-refractivity contribution < 1.29 is 9.59 Å². The number of amides is 2. The molecular weight excluding hydrogens is 392 g/mol. The molecule has 150 valence electrons. The van der Waals surface area contributed by atoms with Crippen molar-refractivity contribution in [3.8, 4) is 11.4 Å². The summed E-state index contributed by atoms with van der Waals surface area (Å²) >= 11 is 5.86. The van der Waals surface area contributed by atoms with Gasteiger partial charge in [0, 0.05) is 16.3 Å². The second-order valence-corrected chi connectivity index (χ2v) is 7.19. The molecule has 8 nitrogen and oxygen atoms in total. The molecule has 0 bridgehead atoms. The number of anilines is 1. The maximum atomic E-state index is 12.2. The lowest BCUT2D eigenvalue weighted by molar-refractivity contribution is -0.124. The van der Waals surface area contributed by atoms with Crippen molar-refractivity contribution in [1.82, 2.24) is 25.5 Å². The van der Waals surface area contributed by atoms with E-state index in [-0.39, 0.29) is 19.0 Å². The summed E-state index contributed by atoms with van der Waals surface area (Å²) in [4.78, 5) is 25.5. The second kappa shape index (κ2) is 8.83. The van der Waals surface area contributed by atoms with Crippen LogP contribution >= 0.6 is 11.6 Å². The third-order valence-electron chi connectivity index (χ3n) is 4.23. The number of rotatable bonds is 6. The summed E-state index contributed by atoms with van der Waals surface area (Å²) in [5.41, 5.74) is 4.58. The van der Waals surface area contributed by atoms with Crippen LogP contribution in [0.1, 0.15) is 16.7 Å². The molecule has 2 N–H and O–H groups in total. The molecule has 1 aromatic heterocycles. The normalized spacial score (nSPS) is 10.6. The lowest BCUT2D eigenvalue weighted by Crippen LogP contribution is -2.35. The van der Waals surface area contributed by atoms with Crippen molar-refractivity contribution in [2.24, 2.45) is 0 Å². The number of carbonyl (C=O) groups excluding carboxylic acids is 2. The van der Waals surface area contributed by atoms with Crippen molar-refractivity contribution in [3.63, 3.8) is 0 Å². The molecule has 0 atom stereocenters. The summed E-state index contributed by atoms with van der Waals surface area (Å²) in [5, 5.41) is 18.0. The number of halogens is 1. The van der Waals surface area contributed by atoms with Gasteiger partial charge in [0.15, 0.2) is 0 Å². The monoisotopic (exact) mass is 412 g/mol. The smallest absolute Gasteiger partial charge is 0.244 e. The van der Waals surface area contributed by atoms with Crippen LogP contribution in [0.15, 0.2) is 36.4 Å². The van der Waals surface area contributed by atoms with Gasteiger partial charge in [-0.05, 0) is 61.4 Å². The van der Waals surface area contributed by atoms with Gasteiger partial charge in [-0.25, -0.2) is 0 Å². The number of aryl methyl sites for hydroxylation is 3. The molecule has 3 aromatic rings. The average molecular weight is 413 g/mol. The van der Waals surface area contributed by atoms with E-state index in [0.717, 1.165) is 27.9 Å². The molecular formula is C20H21ClN6O2. The third-order valence-corrected chi connectivity index (χ3v) is 4.48. The molecule has 0 fully saturated rings. The standard InChI is InChI=1S/C20H21ClN6O2/c1-12-8-13(2)19(14(3)9-12)23-17(28)10-22-18(29)11-27-25-20(24-26-27)15-4-6-16(21)7-5-15/h4-9H,10-11H2,1-3H3,(H,22,29)(H,23,28). The molecule has 0 aliphatic rings. The van der Waals surface area contributed by atoms with E-state index in [2.05, 4.69) is 26.0 Å². The summed E-state index contributed by atoms with van der Waals surface area (Å²) < 4.78 is 0. The lowest BCUT2D eigenvalue weighted by Gasteiger charge is -2.13. The van der Waals surface area contributed by atoms with Crippen molar-refractivity contribution in [3.05, 3.63) is 58.1 Å². The average Bonchev–Trinajstić information content (AvgIpc) is 3.12. The predicted molar refractivity (Wildman–Crippen MR) is 111 cm³/mol. The van der Waals surface area contributed by atoms with Crippen LogP contribution in [-0.4, -0.2) is 38.6 Å². The van der Waals surface area contributed by atoms with Crippen LogP contribution in [-0.2, 0) is 16.1 Å². The minimum Gasteiger partial charge on any atom is -0.345 e. The molecule has 1 heterocycles. The van der Waals surface area contributed by atoms with Gasteiger partial charge in [-0.15, -0.1) is 10.2 Å². The largest absolute Gasteiger partial charge is 0.345 e. The van der Waals surface area contributed by atoms with E-state index in [1.807, 2.05) is 32.9 Å². The Morgan fingerprint density at radius 3 is 2.34 bits per heavy atom.